The van der Waals surface area contributed by atoms with Gasteiger partial charge in [0.1, 0.15) is 5.01 Å². The molecule has 1 aromatic heterocycles. The summed E-state index contributed by atoms with van der Waals surface area (Å²) in [6, 6.07) is 0.794. The Balaban J connectivity index is 1.60. The summed E-state index contributed by atoms with van der Waals surface area (Å²) in [7, 11) is 0. The van der Waals surface area contributed by atoms with Gasteiger partial charge in [0.2, 0.25) is 0 Å². The lowest BCUT2D eigenvalue weighted by Crippen LogP contribution is -2.48. The minimum absolute atomic E-state index is 0.330. The Kier molecular flexibility index (Phi) is 4.72. The molecule has 0 saturated carbocycles. The zero-order chi connectivity index (χ0) is 15.7. The Hall–Kier alpha value is -0.700. The molecule has 22 heavy (non-hydrogen) atoms. The Morgan fingerprint density at radius 3 is 2.68 bits per heavy atom. The maximum absolute atomic E-state index is 12.6. The first-order valence-electron chi connectivity index (χ1n) is 7.52. The standard InChI is InChI=1S/C14H20F3N3OS/c1-10-11(19-4-6-21-7-5-19)2-3-20(10)8-13-18-12(9-22-13)14(15,16)17/h9-11H,2-8H2,1H3/t10-,11-/m1/s1. The second kappa shape index (κ2) is 6.43. The molecule has 8 heteroatoms. The van der Waals surface area contributed by atoms with E-state index in [9.17, 15) is 13.2 Å². The van der Waals surface area contributed by atoms with Crippen LogP contribution in [0.4, 0.5) is 13.2 Å². The van der Waals surface area contributed by atoms with Crippen molar-refractivity contribution in [1.82, 2.24) is 14.8 Å². The van der Waals surface area contributed by atoms with Crippen molar-refractivity contribution in [2.45, 2.75) is 38.1 Å². The lowest BCUT2D eigenvalue weighted by Gasteiger charge is -2.35. The summed E-state index contributed by atoms with van der Waals surface area (Å²) < 4.78 is 43.2. The zero-order valence-corrected chi connectivity index (χ0v) is 13.3. The van der Waals surface area contributed by atoms with Crippen molar-refractivity contribution in [3.8, 4) is 0 Å². The van der Waals surface area contributed by atoms with E-state index >= 15 is 0 Å². The van der Waals surface area contributed by atoms with E-state index < -0.39 is 11.9 Å². The average molecular weight is 335 g/mol. The van der Waals surface area contributed by atoms with Gasteiger partial charge in [0.05, 0.1) is 19.8 Å². The molecule has 3 rings (SSSR count). The second-order valence-corrected chi connectivity index (χ2v) is 6.78. The summed E-state index contributed by atoms with van der Waals surface area (Å²) >= 11 is 1.10. The molecule has 1 aromatic rings. The van der Waals surface area contributed by atoms with E-state index in [1.165, 1.54) is 0 Å². The van der Waals surface area contributed by atoms with Gasteiger partial charge in [-0.3, -0.25) is 9.80 Å². The normalized spacial score (nSPS) is 28.4. The molecule has 0 spiro atoms. The topological polar surface area (TPSA) is 28.6 Å². The van der Waals surface area contributed by atoms with Gasteiger partial charge in [-0.05, 0) is 13.3 Å². The van der Waals surface area contributed by atoms with Gasteiger partial charge < -0.3 is 4.74 Å². The summed E-state index contributed by atoms with van der Waals surface area (Å²) in [6.45, 7) is 6.99. The fourth-order valence-corrected chi connectivity index (χ4v) is 4.12. The third kappa shape index (κ3) is 3.45. The highest BCUT2D eigenvalue weighted by atomic mass is 32.1. The molecule has 0 aromatic carbocycles. The largest absolute Gasteiger partial charge is 0.434 e. The highest BCUT2D eigenvalue weighted by molar-refractivity contribution is 7.09. The molecule has 3 heterocycles. The van der Waals surface area contributed by atoms with Crippen LogP contribution in [0.15, 0.2) is 5.38 Å². The molecule has 2 aliphatic rings. The fraction of sp³-hybridized carbons (Fsp3) is 0.786. The van der Waals surface area contributed by atoms with Crippen molar-refractivity contribution < 1.29 is 17.9 Å². The van der Waals surface area contributed by atoms with Crippen molar-refractivity contribution in [1.29, 1.82) is 0 Å². The van der Waals surface area contributed by atoms with Crippen molar-refractivity contribution in [3.05, 3.63) is 16.1 Å². The maximum atomic E-state index is 12.6. The van der Waals surface area contributed by atoms with Gasteiger partial charge in [0, 0.05) is 37.1 Å². The van der Waals surface area contributed by atoms with Gasteiger partial charge in [0.25, 0.3) is 0 Å². The van der Waals surface area contributed by atoms with Crippen LogP contribution in [0.3, 0.4) is 0 Å². The van der Waals surface area contributed by atoms with E-state index in [4.69, 9.17) is 4.74 Å². The smallest absolute Gasteiger partial charge is 0.379 e. The van der Waals surface area contributed by atoms with Gasteiger partial charge in [-0.1, -0.05) is 0 Å². The molecule has 0 aliphatic carbocycles. The Morgan fingerprint density at radius 1 is 1.32 bits per heavy atom. The van der Waals surface area contributed by atoms with Crippen LogP contribution in [-0.2, 0) is 17.5 Å². The van der Waals surface area contributed by atoms with Crippen LogP contribution in [0, 0.1) is 0 Å². The number of nitrogens with zero attached hydrogens (tertiary/aromatic N) is 3. The van der Waals surface area contributed by atoms with Crippen LogP contribution in [0.2, 0.25) is 0 Å². The molecular formula is C14H20F3N3OS. The molecular weight excluding hydrogens is 315 g/mol. The van der Waals surface area contributed by atoms with Crippen molar-refractivity contribution in [2.24, 2.45) is 0 Å². The monoisotopic (exact) mass is 335 g/mol. The fourth-order valence-electron chi connectivity index (χ4n) is 3.29. The number of likely N-dealkylation sites (tertiary alicyclic amines) is 1. The van der Waals surface area contributed by atoms with Crippen LogP contribution in [0.5, 0.6) is 0 Å². The Morgan fingerprint density at radius 2 is 2.05 bits per heavy atom. The van der Waals surface area contributed by atoms with E-state index in [0.29, 0.717) is 23.6 Å². The first-order valence-corrected chi connectivity index (χ1v) is 8.40. The van der Waals surface area contributed by atoms with Crippen LogP contribution >= 0.6 is 11.3 Å². The number of morpholine rings is 1. The van der Waals surface area contributed by atoms with Crippen LogP contribution < -0.4 is 0 Å². The minimum atomic E-state index is -4.35. The number of alkyl halides is 3. The van der Waals surface area contributed by atoms with Crippen molar-refractivity contribution in [2.75, 3.05) is 32.8 Å². The third-order valence-corrected chi connectivity index (χ3v) is 5.37. The number of hydrogen-bond donors (Lipinski definition) is 0. The molecule has 4 nitrogen and oxygen atoms in total. The molecule has 0 radical (unpaired) electrons. The van der Waals surface area contributed by atoms with E-state index in [0.717, 1.165) is 56.0 Å². The van der Waals surface area contributed by atoms with E-state index in [1.54, 1.807) is 0 Å². The van der Waals surface area contributed by atoms with Gasteiger partial charge >= 0.3 is 6.18 Å². The molecule has 0 unspecified atom stereocenters. The van der Waals surface area contributed by atoms with Crippen LogP contribution in [-0.4, -0.2) is 59.7 Å². The molecule has 0 bridgehead atoms. The number of aromatic nitrogens is 1. The quantitative estimate of drug-likeness (QED) is 0.848. The number of thiazole rings is 1. The van der Waals surface area contributed by atoms with Crippen LogP contribution in [0.1, 0.15) is 24.0 Å². The van der Waals surface area contributed by atoms with E-state index in [2.05, 4.69) is 21.7 Å². The summed E-state index contributed by atoms with van der Waals surface area (Å²) in [5.41, 5.74) is -0.774. The summed E-state index contributed by atoms with van der Waals surface area (Å²) in [6.07, 6.45) is -3.29. The highest BCUT2D eigenvalue weighted by Gasteiger charge is 2.37. The lowest BCUT2D eigenvalue weighted by atomic mass is 10.1. The Bertz CT molecular complexity index is 502. The number of rotatable bonds is 3. The molecule has 0 amide bonds. The SMILES string of the molecule is C[C@@H]1[C@H](N2CCOCC2)CCN1Cc1nc(C(F)(F)F)cs1. The molecule has 124 valence electrons. The first-order chi connectivity index (χ1) is 10.4. The van der Waals surface area contributed by atoms with E-state index in [1.807, 2.05) is 0 Å². The first kappa shape index (κ1) is 16.2. The van der Waals surface area contributed by atoms with Crippen LogP contribution in [0.25, 0.3) is 0 Å². The predicted molar refractivity (Wildman–Crippen MR) is 77.8 cm³/mol. The molecule has 2 atom stereocenters. The van der Waals surface area contributed by atoms with Crippen molar-refractivity contribution in [3.63, 3.8) is 0 Å². The molecule has 2 saturated heterocycles. The van der Waals surface area contributed by atoms with Gasteiger partial charge in [0.15, 0.2) is 5.69 Å². The number of ether oxygens (including phenoxy) is 1. The summed E-state index contributed by atoms with van der Waals surface area (Å²) in [4.78, 5) is 8.41. The summed E-state index contributed by atoms with van der Waals surface area (Å²) in [5, 5.41) is 1.65. The number of hydrogen-bond acceptors (Lipinski definition) is 5. The van der Waals surface area contributed by atoms with Crippen molar-refractivity contribution >= 4 is 11.3 Å². The minimum Gasteiger partial charge on any atom is -0.379 e. The lowest BCUT2D eigenvalue weighted by molar-refractivity contribution is -0.140. The molecule has 0 N–H and O–H groups in total. The summed E-state index contributed by atoms with van der Waals surface area (Å²) in [5.74, 6) is 0. The van der Waals surface area contributed by atoms with Gasteiger partial charge in [-0.25, -0.2) is 4.98 Å². The third-order valence-electron chi connectivity index (χ3n) is 4.54. The zero-order valence-electron chi connectivity index (χ0n) is 12.5. The van der Waals surface area contributed by atoms with Gasteiger partial charge in [-0.15, -0.1) is 11.3 Å². The van der Waals surface area contributed by atoms with E-state index in [-0.39, 0.29) is 0 Å². The maximum Gasteiger partial charge on any atom is 0.434 e. The average Bonchev–Trinajstić information content (AvgIpc) is 3.08. The predicted octanol–water partition coefficient (Wildman–Crippen LogP) is 2.46. The highest BCUT2D eigenvalue weighted by Crippen LogP contribution is 2.31. The second-order valence-electron chi connectivity index (χ2n) is 5.84. The number of halogens is 3. The molecule has 2 aliphatic heterocycles. The van der Waals surface area contributed by atoms with Gasteiger partial charge in [-0.2, -0.15) is 13.2 Å². The Labute approximate surface area is 131 Å². The molecule has 2 fully saturated rings.